The standard InChI is InChI=1S/C29H31N2O2/c1-4-31-25-17-24(21-9-6-5-7-10-21)27(30-28(25)33-19-26(31)32)22-11-13-23(14-12-22)29(15-8-16-29)18-20(2)3/h5-7,9-14,17H,4,8,15-16,18-19H2,1-3H3. The van der Waals surface area contributed by atoms with Gasteiger partial charge in [0.15, 0.2) is 6.61 Å². The van der Waals surface area contributed by atoms with Crippen LogP contribution in [0.5, 0.6) is 5.88 Å². The lowest BCUT2D eigenvalue weighted by molar-refractivity contribution is -0.121. The summed E-state index contributed by atoms with van der Waals surface area (Å²) in [4.78, 5) is 19.1. The maximum atomic E-state index is 12.4. The minimum absolute atomic E-state index is 0.0308. The molecule has 169 valence electrons. The molecular weight excluding hydrogens is 408 g/mol. The number of benzene rings is 2. The number of rotatable bonds is 6. The van der Waals surface area contributed by atoms with Gasteiger partial charge in [-0.05, 0) is 54.7 Å². The van der Waals surface area contributed by atoms with Gasteiger partial charge in [0.1, 0.15) is 5.69 Å². The zero-order chi connectivity index (χ0) is 23.0. The third-order valence-electron chi connectivity index (χ3n) is 7.07. The third kappa shape index (κ3) is 3.92. The number of pyridine rings is 1. The van der Waals surface area contributed by atoms with Crippen LogP contribution in [0.3, 0.4) is 0 Å². The summed E-state index contributed by atoms with van der Waals surface area (Å²) in [5, 5.41) is 0. The second kappa shape index (κ2) is 8.66. The Morgan fingerprint density at radius 2 is 1.76 bits per heavy atom. The van der Waals surface area contributed by atoms with Crippen LogP contribution in [0.25, 0.3) is 22.4 Å². The summed E-state index contributed by atoms with van der Waals surface area (Å²) < 4.78 is 5.76. The second-order valence-electron chi connectivity index (χ2n) is 9.60. The lowest BCUT2D eigenvalue weighted by Crippen LogP contribution is -2.39. The Labute approximate surface area is 196 Å². The molecule has 0 spiro atoms. The van der Waals surface area contributed by atoms with Gasteiger partial charge in [-0.15, -0.1) is 0 Å². The van der Waals surface area contributed by atoms with E-state index in [1.807, 2.05) is 25.1 Å². The van der Waals surface area contributed by atoms with E-state index in [9.17, 15) is 4.79 Å². The van der Waals surface area contributed by atoms with Crippen LogP contribution in [-0.4, -0.2) is 24.0 Å². The van der Waals surface area contributed by atoms with Crippen molar-refractivity contribution in [3.8, 4) is 28.3 Å². The summed E-state index contributed by atoms with van der Waals surface area (Å²) >= 11 is 0. The van der Waals surface area contributed by atoms with E-state index < -0.39 is 0 Å². The van der Waals surface area contributed by atoms with Gasteiger partial charge in [0.05, 0.1) is 5.69 Å². The van der Waals surface area contributed by atoms with Crippen LogP contribution in [0.4, 0.5) is 5.69 Å². The average molecular weight is 440 g/mol. The molecule has 5 rings (SSSR count). The van der Waals surface area contributed by atoms with Crippen molar-refractivity contribution >= 4 is 11.6 Å². The van der Waals surface area contributed by atoms with E-state index in [1.165, 1.54) is 30.7 Å². The Kier molecular flexibility index (Phi) is 5.69. The Bertz CT molecular complexity index is 1150. The summed E-state index contributed by atoms with van der Waals surface area (Å²) in [6.07, 6.45) is 4.99. The van der Waals surface area contributed by atoms with Gasteiger partial charge < -0.3 is 9.64 Å². The zero-order valence-corrected chi connectivity index (χ0v) is 19.7. The number of carbonyl (C=O) groups is 1. The quantitative estimate of drug-likeness (QED) is 0.435. The smallest absolute Gasteiger partial charge is 0.265 e. The number of ether oxygens (including phenoxy) is 1. The van der Waals surface area contributed by atoms with Crippen molar-refractivity contribution in [1.82, 2.24) is 4.98 Å². The van der Waals surface area contributed by atoms with Crippen LogP contribution in [-0.2, 0) is 10.2 Å². The zero-order valence-electron chi connectivity index (χ0n) is 19.7. The molecule has 2 aliphatic rings. The highest BCUT2D eigenvalue weighted by Crippen LogP contribution is 2.49. The maximum Gasteiger partial charge on any atom is 0.265 e. The first-order valence-electron chi connectivity index (χ1n) is 11.9. The fraction of sp³-hybridized carbons (Fsp3) is 0.345. The predicted molar refractivity (Wildman–Crippen MR) is 133 cm³/mol. The van der Waals surface area contributed by atoms with Crippen LogP contribution in [0, 0.1) is 5.92 Å². The number of hydrogen-bond donors (Lipinski definition) is 0. The molecule has 0 bridgehead atoms. The Morgan fingerprint density at radius 1 is 1.03 bits per heavy atom. The minimum Gasteiger partial charge on any atom is -0.466 e. The lowest BCUT2D eigenvalue weighted by atomic mass is 9.61. The molecule has 33 heavy (non-hydrogen) atoms. The highest BCUT2D eigenvalue weighted by molar-refractivity contribution is 5.99. The lowest BCUT2D eigenvalue weighted by Gasteiger charge is -2.44. The maximum absolute atomic E-state index is 12.4. The molecule has 4 heteroatoms. The molecule has 2 aromatic carbocycles. The van der Waals surface area contributed by atoms with Crippen LogP contribution in [0.2, 0.25) is 0 Å². The number of nitrogens with zero attached hydrogens (tertiary/aromatic N) is 2. The number of hydrogen-bond acceptors (Lipinski definition) is 3. The van der Waals surface area contributed by atoms with Gasteiger partial charge in [0.25, 0.3) is 5.91 Å². The van der Waals surface area contributed by atoms with Crippen molar-refractivity contribution < 1.29 is 9.53 Å². The van der Waals surface area contributed by atoms with Crippen molar-refractivity contribution in [2.75, 3.05) is 18.1 Å². The van der Waals surface area contributed by atoms with Crippen LogP contribution in [0.15, 0.2) is 60.7 Å². The van der Waals surface area contributed by atoms with E-state index in [1.54, 1.807) is 4.90 Å². The molecule has 0 atom stereocenters. The molecule has 1 radical (unpaired) electrons. The van der Waals surface area contributed by atoms with E-state index in [4.69, 9.17) is 9.72 Å². The Balaban J connectivity index is 1.60. The number of fused-ring (bicyclic) bond motifs is 1. The van der Waals surface area contributed by atoms with Gasteiger partial charge in [-0.2, -0.15) is 0 Å². The van der Waals surface area contributed by atoms with E-state index in [2.05, 4.69) is 56.3 Å². The van der Waals surface area contributed by atoms with Crippen LogP contribution >= 0.6 is 0 Å². The molecule has 0 unspecified atom stereocenters. The molecular formula is C29H31N2O2. The Morgan fingerprint density at radius 3 is 2.36 bits per heavy atom. The van der Waals surface area contributed by atoms with Crippen molar-refractivity contribution in [2.24, 2.45) is 0 Å². The number of anilines is 1. The highest BCUT2D eigenvalue weighted by Gasteiger charge is 2.39. The monoisotopic (exact) mass is 439 g/mol. The van der Waals surface area contributed by atoms with E-state index in [0.29, 0.717) is 17.8 Å². The number of carbonyl (C=O) groups excluding carboxylic acids is 1. The van der Waals surface area contributed by atoms with Crippen molar-refractivity contribution in [3.63, 3.8) is 0 Å². The van der Waals surface area contributed by atoms with Crippen molar-refractivity contribution in [3.05, 3.63) is 72.1 Å². The molecule has 2 heterocycles. The van der Waals surface area contributed by atoms with Gasteiger partial charge >= 0.3 is 0 Å². The summed E-state index contributed by atoms with van der Waals surface area (Å²) in [5.74, 6) is 1.99. The van der Waals surface area contributed by atoms with E-state index in [0.717, 1.165) is 34.5 Å². The van der Waals surface area contributed by atoms with Crippen LogP contribution < -0.4 is 9.64 Å². The first-order chi connectivity index (χ1) is 16.0. The molecule has 1 fully saturated rings. The van der Waals surface area contributed by atoms with Gasteiger partial charge in [-0.1, -0.05) is 74.9 Å². The molecule has 0 saturated heterocycles. The number of aromatic nitrogens is 1. The summed E-state index contributed by atoms with van der Waals surface area (Å²) in [6.45, 7) is 7.08. The molecule has 3 aromatic rings. The van der Waals surface area contributed by atoms with E-state index >= 15 is 0 Å². The summed E-state index contributed by atoms with van der Waals surface area (Å²) in [5.41, 5.74) is 6.51. The molecule has 1 aromatic heterocycles. The minimum atomic E-state index is -0.0308. The molecule has 1 saturated carbocycles. The van der Waals surface area contributed by atoms with Gasteiger partial charge in [-0.25, -0.2) is 4.98 Å². The molecule has 1 amide bonds. The molecule has 4 nitrogen and oxygen atoms in total. The topological polar surface area (TPSA) is 42.4 Å². The fourth-order valence-electron chi connectivity index (χ4n) is 5.36. The van der Waals surface area contributed by atoms with Crippen LogP contribution in [0.1, 0.15) is 52.0 Å². The number of likely N-dealkylation sites (N-methyl/N-ethyl adjacent to an activating group) is 1. The highest BCUT2D eigenvalue weighted by atomic mass is 16.5. The van der Waals surface area contributed by atoms with Crippen molar-refractivity contribution in [1.29, 1.82) is 0 Å². The first-order valence-corrected chi connectivity index (χ1v) is 11.9. The third-order valence-corrected chi connectivity index (χ3v) is 7.07. The predicted octanol–water partition coefficient (Wildman–Crippen LogP) is 6.59. The Hall–Kier alpha value is -3.14. The molecule has 1 aliphatic carbocycles. The van der Waals surface area contributed by atoms with Crippen molar-refractivity contribution in [2.45, 2.75) is 51.9 Å². The van der Waals surface area contributed by atoms with E-state index in [-0.39, 0.29) is 12.5 Å². The summed E-state index contributed by atoms with van der Waals surface area (Å²) in [6, 6.07) is 21.3. The van der Waals surface area contributed by atoms with Gasteiger partial charge in [0.2, 0.25) is 5.88 Å². The molecule has 0 N–H and O–H groups in total. The van der Waals surface area contributed by atoms with Gasteiger partial charge in [-0.3, -0.25) is 4.79 Å². The normalized spacial score (nSPS) is 16.8. The number of amides is 1. The fourth-order valence-corrected chi connectivity index (χ4v) is 5.36. The molecule has 1 aliphatic heterocycles. The largest absolute Gasteiger partial charge is 0.466 e. The van der Waals surface area contributed by atoms with Gasteiger partial charge in [0, 0.05) is 17.7 Å². The first kappa shape index (κ1) is 21.7. The average Bonchev–Trinajstić information content (AvgIpc) is 2.81. The summed E-state index contributed by atoms with van der Waals surface area (Å²) in [7, 11) is 0. The second-order valence-corrected chi connectivity index (χ2v) is 9.60. The SMILES string of the molecule is CCN1C(=O)COc2nc(-c3ccc(C4(C[C](C)C)CCC4)cc3)c(-c3ccccc3)cc21.